The topological polar surface area (TPSA) is 68.7 Å². The largest absolute Gasteiger partial charge is 0.481 e. The van der Waals surface area contributed by atoms with Crippen LogP contribution in [-0.2, 0) is 17.8 Å². The number of carboxylic acids is 1. The van der Waals surface area contributed by atoms with Crippen molar-refractivity contribution in [3.63, 3.8) is 0 Å². The number of hydrogen-bond donors (Lipinski definition) is 1. The SMILES string of the molecule is Cc1ccc(Oc2ccc(F)c(COc3cc4c(cn3)[C@H]3[C@@H](C4)[C@@H]3C(=O)O)c2)c(Cl)c1. The van der Waals surface area contributed by atoms with Gasteiger partial charge in [-0.25, -0.2) is 9.37 Å². The van der Waals surface area contributed by atoms with Gasteiger partial charge in [-0.2, -0.15) is 0 Å². The lowest BCUT2D eigenvalue weighted by atomic mass is 10.0. The lowest BCUT2D eigenvalue weighted by Crippen LogP contribution is -2.06. The summed E-state index contributed by atoms with van der Waals surface area (Å²) in [5.41, 5.74) is 3.39. The number of nitrogens with zero attached hydrogens (tertiary/aromatic N) is 1. The number of hydrogen-bond acceptors (Lipinski definition) is 4. The van der Waals surface area contributed by atoms with Crippen LogP contribution in [0.3, 0.4) is 0 Å². The number of ether oxygens (including phenoxy) is 2. The van der Waals surface area contributed by atoms with Crippen molar-refractivity contribution in [2.75, 3.05) is 0 Å². The van der Waals surface area contributed by atoms with E-state index in [1.54, 1.807) is 24.4 Å². The summed E-state index contributed by atoms with van der Waals surface area (Å²) in [7, 11) is 0. The number of aromatic nitrogens is 1. The Labute approximate surface area is 183 Å². The van der Waals surface area contributed by atoms with Gasteiger partial charge in [-0.05, 0) is 66.3 Å². The molecule has 1 saturated carbocycles. The third-order valence-corrected chi connectivity index (χ3v) is 6.27. The summed E-state index contributed by atoms with van der Waals surface area (Å²) >= 11 is 6.21. The van der Waals surface area contributed by atoms with Crippen LogP contribution in [0.4, 0.5) is 4.39 Å². The minimum atomic E-state index is -0.745. The number of aliphatic carboxylic acids is 1. The fourth-order valence-electron chi connectivity index (χ4n) is 4.38. The smallest absolute Gasteiger partial charge is 0.307 e. The first-order valence-corrected chi connectivity index (χ1v) is 10.4. The predicted molar refractivity (Wildman–Crippen MR) is 112 cm³/mol. The van der Waals surface area contributed by atoms with Gasteiger partial charge in [0.2, 0.25) is 5.88 Å². The van der Waals surface area contributed by atoms with E-state index in [0.29, 0.717) is 34.4 Å². The number of carboxylic acid groups (broad SMARTS) is 1. The van der Waals surface area contributed by atoms with Crippen molar-refractivity contribution >= 4 is 17.6 Å². The van der Waals surface area contributed by atoms with Crippen molar-refractivity contribution < 1.29 is 23.8 Å². The molecule has 0 radical (unpaired) electrons. The number of pyridine rings is 1. The third kappa shape index (κ3) is 3.72. The number of rotatable bonds is 6. The van der Waals surface area contributed by atoms with Crippen LogP contribution in [0, 0.1) is 24.6 Å². The van der Waals surface area contributed by atoms with Crippen molar-refractivity contribution in [2.24, 2.45) is 11.8 Å². The van der Waals surface area contributed by atoms with Gasteiger partial charge in [0.25, 0.3) is 0 Å². The van der Waals surface area contributed by atoms with Crippen LogP contribution in [0.25, 0.3) is 0 Å². The molecule has 0 bridgehead atoms. The second-order valence-electron chi connectivity index (χ2n) is 8.06. The van der Waals surface area contributed by atoms with Crippen LogP contribution < -0.4 is 9.47 Å². The minimum Gasteiger partial charge on any atom is -0.481 e. The number of fused-ring (bicyclic) bond motifs is 3. The van der Waals surface area contributed by atoms with E-state index < -0.39 is 11.8 Å². The van der Waals surface area contributed by atoms with E-state index in [1.165, 1.54) is 12.1 Å². The molecule has 5 rings (SSSR count). The van der Waals surface area contributed by atoms with Crippen molar-refractivity contribution in [3.8, 4) is 17.4 Å². The first-order chi connectivity index (χ1) is 14.9. The van der Waals surface area contributed by atoms with E-state index in [0.717, 1.165) is 16.7 Å². The summed E-state index contributed by atoms with van der Waals surface area (Å²) in [6.45, 7) is 1.92. The Kier molecular flexibility index (Phi) is 4.82. The van der Waals surface area contributed by atoms with Crippen molar-refractivity contribution in [1.82, 2.24) is 4.98 Å². The highest BCUT2D eigenvalue weighted by molar-refractivity contribution is 6.32. The lowest BCUT2D eigenvalue weighted by molar-refractivity contribution is -0.139. The van der Waals surface area contributed by atoms with Crippen LogP contribution in [0.15, 0.2) is 48.7 Å². The molecule has 7 heteroatoms. The monoisotopic (exact) mass is 439 g/mol. The van der Waals surface area contributed by atoms with Gasteiger partial charge in [0, 0.05) is 23.7 Å². The van der Waals surface area contributed by atoms with E-state index in [9.17, 15) is 14.3 Å². The molecule has 2 aromatic carbocycles. The van der Waals surface area contributed by atoms with Crippen molar-refractivity contribution in [1.29, 1.82) is 0 Å². The molecule has 1 aromatic heterocycles. The number of benzene rings is 2. The van der Waals surface area contributed by atoms with Crippen molar-refractivity contribution in [2.45, 2.75) is 25.9 Å². The quantitative estimate of drug-likeness (QED) is 0.547. The van der Waals surface area contributed by atoms with Gasteiger partial charge >= 0.3 is 5.97 Å². The Hall–Kier alpha value is -3.12. The molecule has 0 unspecified atom stereocenters. The Morgan fingerprint density at radius 2 is 2.10 bits per heavy atom. The Morgan fingerprint density at radius 3 is 2.87 bits per heavy atom. The summed E-state index contributed by atoms with van der Waals surface area (Å²) < 4.78 is 25.8. The molecule has 1 heterocycles. The molecule has 2 aliphatic rings. The van der Waals surface area contributed by atoms with Gasteiger partial charge in [-0.15, -0.1) is 0 Å². The highest BCUT2D eigenvalue weighted by Gasteiger charge is 2.59. The Morgan fingerprint density at radius 1 is 1.26 bits per heavy atom. The molecule has 1 fully saturated rings. The fraction of sp³-hybridized carbons (Fsp3) is 0.250. The molecule has 0 saturated heterocycles. The zero-order valence-corrected chi connectivity index (χ0v) is 17.4. The molecule has 31 heavy (non-hydrogen) atoms. The second kappa shape index (κ2) is 7.54. The fourth-order valence-corrected chi connectivity index (χ4v) is 4.65. The summed E-state index contributed by atoms with van der Waals surface area (Å²) in [5, 5.41) is 9.70. The normalized spacial score (nSPS) is 20.7. The van der Waals surface area contributed by atoms with E-state index >= 15 is 0 Å². The van der Waals surface area contributed by atoms with E-state index in [4.69, 9.17) is 21.1 Å². The molecular weight excluding hydrogens is 421 g/mol. The molecule has 0 spiro atoms. The Balaban J connectivity index is 1.28. The average molecular weight is 440 g/mol. The highest BCUT2D eigenvalue weighted by atomic mass is 35.5. The molecule has 0 amide bonds. The van der Waals surface area contributed by atoms with Crippen LogP contribution >= 0.6 is 11.6 Å². The second-order valence-corrected chi connectivity index (χ2v) is 8.46. The van der Waals surface area contributed by atoms with E-state index in [1.807, 2.05) is 19.1 Å². The lowest BCUT2D eigenvalue weighted by Gasteiger charge is -2.12. The minimum absolute atomic E-state index is 0.0128. The third-order valence-electron chi connectivity index (χ3n) is 5.98. The zero-order chi connectivity index (χ0) is 21.7. The first kappa shape index (κ1) is 19.8. The molecular formula is C24H19ClFNO4. The highest BCUT2D eigenvalue weighted by Crippen LogP contribution is 2.61. The van der Waals surface area contributed by atoms with Gasteiger partial charge in [-0.1, -0.05) is 17.7 Å². The molecule has 3 aromatic rings. The average Bonchev–Trinajstić information content (AvgIpc) is 3.33. The standard InChI is InChI=1S/C24H19ClFNO4/c1-12-2-5-20(18(25)6-12)31-15-3-4-19(26)14(7-15)11-30-21-9-13-8-16-22(17(13)10-27-21)23(16)24(28)29/h2-7,9-10,16,22-23H,8,11H2,1H3,(H,28,29)/t16-,22-,23+/m1/s1. The van der Waals surface area contributed by atoms with Crippen molar-refractivity contribution in [3.05, 3.63) is 81.8 Å². The molecule has 2 aliphatic carbocycles. The molecule has 1 N–H and O–H groups in total. The summed E-state index contributed by atoms with van der Waals surface area (Å²) in [6.07, 6.45) is 2.40. The number of aryl methyl sites for hydroxylation is 1. The maximum absolute atomic E-state index is 14.3. The number of carbonyl (C=O) groups is 1. The van der Waals surface area contributed by atoms with Crippen LogP contribution in [0.1, 0.15) is 28.2 Å². The van der Waals surface area contributed by atoms with Crippen LogP contribution in [0.5, 0.6) is 17.4 Å². The summed E-state index contributed by atoms with van der Waals surface area (Å²) in [6, 6.07) is 11.7. The maximum Gasteiger partial charge on any atom is 0.307 e. The molecule has 5 nitrogen and oxygen atoms in total. The van der Waals surface area contributed by atoms with Crippen LogP contribution in [0.2, 0.25) is 5.02 Å². The molecule has 158 valence electrons. The molecule has 3 atom stereocenters. The molecule has 0 aliphatic heterocycles. The number of halogens is 2. The Bertz CT molecular complexity index is 1200. The maximum atomic E-state index is 14.3. The van der Waals surface area contributed by atoms with Gasteiger partial charge in [0.1, 0.15) is 23.9 Å². The first-order valence-electron chi connectivity index (χ1n) is 9.97. The van der Waals surface area contributed by atoms with Gasteiger partial charge < -0.3 is 14.6 Å². The summed E-state index contributed by atoms with van der Waals surface area (Å²) in [4.78, 5) is 15.5. The van der Waals surface area contributed by atoms with E-state index in [2.05, 4.69) is 4.98 Å². The van der Waals surface area contributed by atoms with Gasteiger partial charge in [0.05, 0.1) is 10.9 Å². The van der Waals surface area contributed by atoms with Crippen LogP contribution in [-0.4, -0.2) is 16.1 Å². The predicted octanol–water partition coefficient (Wildman–Crippen LogP) is 5.52. The van der Waals surface area contributed by atoms with E-state index in [-0.39, 0.29) is 24.4 Å². The summed E-state index contributed by atoms with van der Waals surface area (Å²) in [5.74, 6) is 0.105. The van der Waals surface area contributed by atoms with Gasteiger partial charge in [0.15, 0.2) is 0 Å². The van der Waals surface area contributed by atoms with Gasteiger partial charge in [-0.3, -0.25) is 4.79 Å². The zero-order valence-electron chi connectivity index (χ0n) is 16.6.